The number of aromatic nitrogens is 4. The maximum Gasteiger partial charge on any atom is 0.308 e. The van der Waals surface area contributed by atoms with Crippen LogP contribution in [0.4, 0.5) is 0 Å². The lowest BCUT2D eigenvalue weighted by molar-refractivity contribution is -0.208. The zero-order chi connectivity index (χ0) is 23.6. The van der Waals surface area contributed by atoms with Crippen molar-refractivity contribution in [1.29, 1.82) is 0 Å². The average Bonchev–Trinajstić information content (AvgIpc) is 3.11. The Balaban J connectivity index is 1.80. The minimum Gasteiger partial charge on any atom is -0.471 e. The highest BCUT2D eigenvalue weighted by molar-refractivity contribution is 7.91. The second-order valence-electron chi connectivity index (χ2n) is 9.00. The minimum absolute atomic E-state index is 0.0385. The van der Waals surface area contributed by atoms with Gasteiger partial charge in [-0.05, 0) is 55.3 Å². The van der Waals surface area contributed by atoms with Crippen molar-refractivity contribution in [3.8, 4) is 5.69 Å². The van der Waals surface area contributed by atoms with Gasteiger partial charge in [0.2, 0.25) is 15.6 Å². The summed E-state index contributed by atoms with van der Waals surface area (Å²) in [5, 5.41) is 10.8. The predicted molar refractivity (Wildman–Crippen MR) is 114 cm³/mol. The molecule has 0 fully saturated rings. The Morgan fingerprint density at radius 2 is 1.94 bits per heavy atom. The monoisotopic (exact) mass is 464 g/mol. The van der Waals surface area contributed by atoms with Gasteiger partial charge in [-0.1, -0.05) is 23.3 Å². The van der Waals surface area contributed by atoms with Gasteiger partial charge in [-0.2, -0.15) is 4.68 Å². The molecule has 32 heavy (non-hydrogen) atoms. The fraction of sp³-hybridized carbons (Fsp3) is 0.524. The van der Waals surface area contributed by atoms with Crippen LogP contribution in [0.5, 0.6) is 0 Å². The fourth-order valence-corrected chi connectivity index (χ4v) is 4.59. The zero-order valence-corrected chi connectivity index (χ0v) is 19.6. The molecule has 1 atom stereocenters. The second-order valence-corrected chi connectivity index (χ2v) is 10.9. The van der Waals surface area contributed by atoms with Crippen LogP contribution in [0.2, 0.25) is 0 Å². The Morgan fingerprint density at radius 1 is 1.25 bits per heavy atom. The van der Waals surface area contributed by atoms with Crippen molar-refractivity contribution in [1.82, 2.24) is 20.2 Å². The molecule has 1 aromatic carbocycles. The Hall–Kier alpha value is -2.79. The summed E-state index contributed by atoms with van der Waals surface area (Å²) in [4.78, 5) is 12.3. The van der Waals surface area contributed by atoms with Gasteiger partial charge in [0.1, 0.15) is 5.60 Å². The lowest BCUT2D eigenvalue weighted by atomic mass is 10.1. The van der Waals surface area contributed by atoms with Gasteiger partial charge in [-0.25, -0.2) is 8.42 Å². The smallest absolute Gasteiger partial charge is 0.308 e. The number of tetrazole rings is 1. The molecule has 0 saturated carbocycles. The Labute approximate surface area is 187 Å². The molecule has 0 N–H and O–H groups in total. The lowest BCUT2D eigenvalue weighted by Gasteiger charge is -2.28. The maximum absolute atomic E-state index is 13.2. The molecule has 10 nitrogen and oxygen atoms in total. The largest absolute Gasteiger partial charge is 0.471 e. The summed E-state index contributed by atoms with van der Waals surface area (Å²) >= 11 is 0. The number of benzene rings is 1. The van der Waals surface area contributed by atoms with Gasteiger partial charge in [-0.3, -0.25) is 4.79 Å². The molecule has 174 valence electrons. The number of rotatable bonds is 6. The first-order chi connectivity index (χ1) is 14.8. The highest BCUT2D eigenvalue weighted by Crippen LogP contribution is 2.28. The van der Waals surface area contributed by atoms with E-state index in [1.165, 1.54) is 10.9 Å². The molecule has 11 heteroatoms. The summed E-state index contributed by atoms with van der Waals surface area (Å²) in [5.41, 5.74) is 0.325. The summed E-state index contributed by atoms with van der Waals surface area (Å²) in [5.74, 6) is -1.86. The molecule has 1 aromatic heterocycles. The Morgan fingerprint density at radius 3 is 2.59 bits per heavy atom. The molecule has 0 bridgehead atoms. The van der Waals surface area contributed by atoms with Gasteiger partial charge < -0.3 is 14.2 Å². The van der Waals surface area contributed by atoms with Crippen LogP contribution in [0, 0.1) is 0 Å². The summed E-state index contributed by atoms with van der Waals surface area (Å²) in [6, 6.07) is 8.74. The standard InChI is InChI=1S/C21H28N4O6S/c1-20(2,3)31-18(26)12-17-11-15(13-29-21(4,5)30-17)14-32(27,28)19-22-23-24-25(19)16-9-7-6-8-10-16/h6-10,13,17H,11-12,14H2,1-5H3/t17-/m1/s1. The van der Waals surface area contributed by atoms with E-state index in [-0.39, 0.29) is 23.8 Å². The minimum atomic E-state index is -3.92. The van der Waals surface area contributed by atoms with Crippen LogP contribution < -0.4 is 0 Å². The van der Waals surface area contributed by atoms with Crippen LogP contribution in [0.15, 0.2) is 47.3 Å². The van der Waals surface area contributed by atoms with E-state index in [2.05, 4.69) is 15.5 Å². The molecule has 0 unspecified atom stereocenters. The molecule has 0 amide bonds. The Bertz CT molecular complexity index is 1090. The van der Waals surface area contributed by atoms with E-state index in [0.717, 1.165) is 0 Å². The molecule has 1 aliphatic rings. The van der Waals surface area contributed by atoms with Crippen LogP contribution in [0.25, 0.3) is 5.69 Å². The predicted octanol–water partition coefficient (Wildman–Crippen LogP) is 2.59. The average molecular weight is 465 g/mol. The second kappa shape index (κ2) is 8.99. The molecule has 2 heterocycles. The normalized spacial score (nSPS) is 18.9. The van der Waals surface area contributed by atoms with E-state index < -0.39 is 33.3 Å². The maximum atomic E-state index is 13.2. The highest BCUT2D eigenvalue weighted by Gasteiger charge is 2.34. The summed E-state index contributed by atoms with van der Waals surface area (Å²) in [6.45, 7) is 8.72. The number of hydrogen-bond donors (Lipinski definition) is 0. The molecule has 0 radical (unpaired) electrons. The van der Waals surface area contributed by atoms with E-state index in [0.29, 0.717) is 11.3 Å². The number of ether oxygens (including phenoxy) is 3. The quantitative estimate of drug-likeness (QED) is 0.594. The zero-order valence-electron chi connectivity index (χ0n) is 18.8. The number of hydrogen-bond acceptors (Lipinski definition) is 9. The van der Waals surface area contributed by atoms with E-state index in [1.54, 1.807) is 58.9 Å². The first-order valence-electron chi connectivity index (χ1n) is 10.2. The van der Waals surface area contributed by atoms with Crippen LogP contribution in [-0.2, 0) is 28.8 Å². The van der Waals surface area contributed by atoms with Gasteiger partial charge >= 0.3 is 5.97 Å². The summed E-state index contributed by atoms with van der Waals surface area (Å²) < 4.78 is 44.4. The molecule has 0 spiro atoms. The molecular weight excluding hydrogens is 436 g/mol. The van der Waals surface area contributed by atoms with Crippen LogP contribution in [-0.4, -0.2) is 57.8 Å². The summed E-state index contributed by atoms with van der Waals surface area (Å²) in [7, 11) is -3.92. The van der Waals surface area contributed by atoms with E-state index in [4.69, 9.17) is 14.2 Å². The van der Waals surface area contributed by atoms with Crippen molar-refractivity contribution in [2.75, 3.05) is 5.75 Å². The molecular formula is C21H28N4O6S. The number of esters is 1. The molecule has 2 aromatic rings. The van der Waals surface area contributed by atoms with E-state index in [1.807, 2.05) is 6.07 Å². The van der Waals surface area contributed by atoms with Gasteiger partial charge in [0.15, 0.2) is 0 Å². The van der Waals surface area contributed by atoms with Crippen LogP contribution >= 0.6 is 0 Å². The molecule has 0 aliphatic carbocycles. The van der Waals surface area contributed by atoms with Crippen molar-refractivity contribution in [2.24, 2.45) is 0 Å². The first kappa shape index (κ1) is 23.9. The molecule has 3 rings (SSSR count). The van der Waals surface area contributed by atoms with E-state index >= 15 is 0 Å². The topological polar surface area (TPSA) is 123 Å². The number of para-hydroxylation sites is 1. The van der Waals surface area contributed by atoms with Crippen molar-refractivity contribution in [3.63, 3.8) is 0 Å². The third-order valence-corrected chi connectivity index (χ3v) is 5.92. The Kier molecular flexibility index (Phi) is 6.70. The van der Waals surface area contributed by atoms with Gasteiger partial charge in [0.05, 0.1) is 30.2 Å². The third kappa shape index (κ3) is 6.36. The van der Waals surface area contributed by atoms with Gasteiger partial charge in [0, 0.05) is 13.8 Å². The van der Waals surface area contributed by atoms with Crippen molar-refractivity contribution < 1.29 is 27.4 Å². The summed E-state index contributed by atoms with van der Waals surface area (Å²) in [6.07, 6.45) is 0.898. The fourth-order valence-electron chi connectivity index (χ4n) is 3.23. The van der Waals surface area contributed by atoms with E-state index in [9.17, 15) is 13.2 Å². The van der Waals surface area contributed by atoms with Crippen LogP contribution in [0.3, 0.4) is 0 Å². The number of carbonyl (C=O) groups is 1. The highest BCUT2D eigenvalue weighted by atomic mass is 32.2. The molecule has 1 aliphatic heterocycles. The van der Waals surface area contributed by atoms with Gasteiger partial charge in [0.25, 0.3) is 5.16 Å². The van der Waals surface area contributed by atoms with Gasteiger partial charge in [-0.15, -0.1) is 0 Å². The lowest BCUT2D eigenvalue weighted by Crippen LogP contribution is -2.33. The van der Waals surface area contributed by atoms with Crippen molar-refractivity contribution in [3.05, 3.63) is 42.2 Å². The number of nitrogens with zero attached hydrogens (tertiary/aromatic N) is 4. The van der Waals surface area contributed by atoms with Crippen LogP contribution in [0.1, 0.15) is 47.5 Å². The van der Waals surface area contributed by atoms with Crippen molar-refractivity contribution >= 4 is 15.8 Å². The molecule has 0 saturated heterocycles. The first-order valence-corrected chi connectivity index (χ1v) is 11.8. The number of carbonyl (C=O) groups excluding carboxylic acids is 1. The third-order valence-electron chi connectivity index (χ3n) is 4.36. The number of sulfone groups is 1. The SMILES string of the molecule is CC(C)(C)OC(=O)C[C@H]1CC(CS(=O)(=O)c2nnnn2-c2ccccc2)=COC(C)(C)O1. The van der Waals surface area contributed by atoms with Crippen molar-refractivity contribution in [2.45, 2.75) is 70.1 Å².